The standard InChI is InChI=1S/C16H21NO4/c1-4-8-19-12(3)16(18)17(5-2)10-13-6-7-14-15(9-13)21-11-20-14/h4,6-7,9,12H,1,5,8,10-11H2,2-3H3. The molecule has 1 aliphatic heterocycles. The van der Waals surface area contributed by atoms with Gasteiger partial charge in [0.1, 0.15) is 6.10 Å². The van der Waals surface area contributed by atoms with E-state index in [1.165, 1.54) is 0 Å². The molecule has 1 aromatic carbocycles. The van der Waals surface area contributed by atoms with E-state index in [0.717, 1.165) is 17.1 Å². The molecule has 1 heterocycles. The van der Waals surface area contributed by atoms with Gasteiger partial charge in [0.25, 0.3) is 5.91 Å². The third kappa shape index (κ3) is 3.76. The molecular weight excluding hydrogens is 270 g/mol. The van der Waals surface area contributed by atoms with E-state index in [-0.39, 0.29) is 12.7 Å². The minimum Gasteiger partial charge on any atom is -0.454 e. The summed E-state index contributed by atoms with van der Waals surface area (Å²) in [7, 11) is 0. The first-order valence-electron chi connectivity index (χ1n) is 7.05. The van der Waals surface area contributed by atoms with Crippen molar-refractivity contribution in [3.05, 3.63) is 36.4 Å². The molecule has 0 N–H and O–H groups in total. The highest BCUT2D eigenvalue weighted by atomic mass is 16.7. The average Bonchev–Trinajstić information content (AvgIpc) is 2.97. The summed E-state index contributed by atoms with van der Waals surface area (Å²) in [6, 6.07) is 5.72. The van der Waals surface area contributed by atoms with E-state index in [1.54, 1.807) is 17.9 Å². The molecule has 0 radical (unpaired) electrons. The van der Waals surface area contributed by atoms with Crippen molar-refractivity contribution in [1.82, 2.24) is 4.90 Å². The summed E-state index contributed by atoms with van der Waals surface area (Å²) in [5.41, 5.74) is 1.00. The molecule has 1 aliphatic rings. The monoisotopic (exact) mass is 291 g/mol. The summed E-state index contributed by atoms with van der Waals surface area (Å²) in [4.78, 5) is 14.1. The van der Waals surface area contributed by atoms with Crippen LogP contribution < -0.4 is 9.47 Å². The fraction of sp³-hybridized carbons (Fsp3) is 0.438. The molecule has 0 saturated carbocycles. The van der Waals surface area contributed by atoms with Gasteiger partial charge in [-0.05, 0) is 31.5 Å². The molecule has 0 saturated heterocycles. The molecule has 0 aliphatic carbocycles. The molecule has 1 atom stereocenters. The second-order valence-corrected chi connectivity index (χ2v) is 4.80. The number of hydrogen-bond donors (Lipinski definition) is 0. The van der Waals surface area contributed by atoms with Crippen molar-refractivity contribution in [3.63, 3.8) is 0 Å². The van der Waals surface area contributed by atoms with Crippen LogP contribution >= 0.6 is 0 Å². The number of ether oxygens (including phenoxy) is 3. The molecule has 5 nitrogen and oxygen atoms in total. The molecule has 1 unspecified atom stereocenters. The van der Waals surface area contributed by atoms with Gasteiger partial charge in [-0.15, -0.1) is 6.58 Å². The molecule has 2 rings (SSSR count). The molecular formula is C16H21NO4. The zero-order valence-electron chi connectivity index (χ0n) is 12.5. The Morgan fingerprint density at radius 2 is 2.24 bits per heavy atom. The van der Waals surface area contributed by atoms with E-state index in [2.05, 4.69) is 6.58 Å². The lowest BCUT2D eigenvalue weighted by Gasteiger charge is -2.24. The van der Waals surface area contributed by atoms with Crippen LogP contribution in [0.25, 0.3) is 0 Å². The Morgan fingerprint density at radius 3 is 2.95 bits per heavy atom. The topological polar surface area (TPSA) is 48.0 Å². The van der Waals surface area contributed by atoms with Gasteiger partial charge in [0, 0.05) is 13.1 Å². The number of carbonyl (C=O) groups is 1. The largest absolute Gasteiger partial charge is 0.454 e. The van der Waals surface area contributed by atoms with Gasteiger partial charge in [0.2, 0.25) is 6.79 Å². The summed E-state index contributed by atoms with van der Waals surface area (Å²) >= 11 is 0. The van der Waals surface area contributed by atoms with Crippen LogP contribution in [0, 0.1) is 0 Å². The Bertz CT molecular complexity index is 515. The van der Waals surface area contributed by atoms with E-state index >= 15 is 0 Å². The Kier molecular flexibility index (Phi) is 5.22. The minimum absolute atomic E-state index is 0.0305. The summed E-state index contributed by atoms with van der Waals surface area (Å²) in [5, 5.41) is 0. The van der Waals surface area contributed by atoms with E-state index in [4.69, 9.17) is 14.2 Å². The maximum atomic E-state index is 12.3. The maximum Gasteiger partial charge on any atom is 0.251 e. The number of fused-ring (bicyclic) bond motifs is 1. The number of likely N-dealkylation sites (N-methyl/N-ethyl adjacent to an activating group) is 1. The second kappa shape index (κ2) is 7.13. The van der Waals surface area contributed by atoms with Crippen LogP contribution in [0.1, 0.15) is 19.4 Å². The Balaban J connectivity index is 2.01. The number of rotatable bonds is 7. The first-order valence-corrected chi connectivity index (χ1v) is 7.05. The number of amides is 1. The molecule has 0 spiro atoms. The van der Waals surface area contributed by atoms with Crippen LogP contribution in [0.15, 0.2) is 30.9 Å². The Labute approximate surface area is 125 Å². The van der Waals surface area contributed by atoms with Gasteiger partial charge in [-0.1, -0.05) is 12.1 Å². The molecule has 114 valence electrons. The van der Waals surface area contributed by atoms with Crippen molar-refractivity contribution < 1.29 is 19.0 Å². The van der Waals surface area contributed by atoms with Gasteiger partial charge >= 0.3 is 0 Å². The first-order chi connectivity index (χ1) is 10.2. The molecule has 0 aromatic heterocycles. The molecule has 0 fully saturated rings. The number of nitrogens with zero attached hydrogens (tertiary/aromatic N) is 1. The van der Waals surface area contributed by atoms with Crippen molar-refractivity contribution in [3.8, 4) is 11.5 Å². The highest BCUT2D eigenvalue weighted by Crippen LogP contribution is 2.32. The molecule has 1 amide bonds. The van der Waals surface area contributed by atoms with Crippen LogP contribution in [-0.2, 0) is 16.1 Å². The van der Waals surface area contributed by atoms with Crippen LogP contribution in [0.3, 0.4) is 0 Å². The van der Waals surface area contributed by atoms with Crippen molar-refractivity contribution in [1.29, 1.82) is 0 Å². The SMILES string of the molecule is C=CCOC(C)C(=O)N(CC)Cc1ccc2c(c1)OCO2. The van der Waals surface area contributed by atoms with Gasteiger partial charge in [0.15, 0.2) is 11.5 Å². The predicted octanol–water partition coefficient (Wildman–Crippen LogP) is 2.35. The summed E-state index contributed by atoms with van der Waals surface area (Å²) < 4.78 is 16.0. The van der Waals surface area contributed by atoms with Crippen LogP contribution in [0.5, 0.6) is 11.5 Å². The van der Waals surface area contributed by atoms with Gasteiger partial charge in [-0.25, -0.2) is 0 Å². The molecule has 0 bridgehead atoms. The number of benzene rings is 1. The zero-order valence-corrected chi connectivity index (χ0v) is 12.5. The lowest BCUT2D eigenvalue weighted by molar-refractivity contribution is -0.142. The molecule has 21 heavy (non-hydrogen) atoms. The third-order valence-electron chi connectivity index (χ3n) is 3.32. The summed E-state index contributed by atoms with van der Waals surface area (Å²) in [5.74, 6) is 1.44. The van der Waals surface area contributed by atoms with E-state index < -0.39 is 6.10 Å². The number of carbonyl (C=O) groups excluding carboxylic acids is 1. The van der Waals surface area contributed by atoms with Crippen molar-refractivity contribution in [2.45, 2.75) is 26.5 Å². The maximum absolute atomic E-state index is 12.3. The first kappa shape index (κ1) is 15.4. The van der Waals surface area contributed by atoms with Gasteiger partial charge in [-0.3, -0.25) is 4.79 Å². The van der Waals surface area contributed by atoms with Crippen LogP contribution in [0.2, 0.25) is 0 Å². The highest BCUT2D eigenvalue weighted by molar-refractivity contribution is 5.80. The van der Waals surface area contributed by atoms with Gasteiger partial charge in [0.05, 0.1) is 6.61 Å². The quantitative estimate of drug-likeness (QED) is 0.724. The normalized spacial score (nSPS) is 13.8. The smallest absolute Gasteiger partial charge is 0.251 e. The van der Waals surface area contributed by atoms with E-state index in [1.807, 2.05) is 25.1 Å². The minimum atomic E-state index is -0.475. The van der Waals surface area contributed by atoms with Crippen molar-refractivity contribution in [2.75, 3.05) is 19.9 Å². The lowest BCUT2D eigenvalue weighted by atomic mass is 10.1. The fourth-order valence-electron chi connectivity index (χ4n) is 2.15. The molecule has 5 heteroatoms. The van der Waals surface area contributed by atoms with Crippen molar-refractivity contribution >= 4 is 5.91 Å². The average molecular weight is 291 g/mol. The van der Waals surface area contributed by atoms with Gasteiger partial charge < -0.3 is 19.1 Å². The highest BCUT2D eigenvalue weighted by Gasteiger charge is 2.21. The lowest BCUT2D eigenvalue weighted by Crippen LogP contribution is -2.38. The Hall–Kier alpha value is -2.01. The van der Waals surface area contributed by atoms with Crippen molar-refractivity contribution in [2.24, 2.45) is 0 Å². The van der Waals surface area contributed by atoms with E-state index in [0.29, 0.717) is 19.7 Å². The van der Waals surface area contributed by atoms with Crippen LogP contribution in [-0.4, -0.2) is 36.9 Å². The summed E-state index contributed by atoms with van der Waals surface area (Å²) in [6.45, 7) is 9.05. The fourth-order valence-corrected chi connectivity index (χ4v) is 2.15. The third-order valence-corrected chi connectivity index (χ3v) is 3.32. The van der Waals surface area contributed by atoms with Crippen LogP contribution in [0.4, 0.5) is 0 Å². The van der Waals surface area contributed by atoms with E-state index in [9.17, 15) is 4.79 Å². The second-order valence-electron chi connectivity index (χ2n) is 4.80. The molecule has 1 aromatic rings. The predicted molar refractivity (Wildman–Crippen MR) is 79.3 cm³/mol. The van der Waals surface area contributed by atoms with Gasteiger partial charge in [-0.2, -0.15) is 0 Å². The Morgan fingerprint density at radius 1 is 1.48 bits per heavy atom. The summed E-state index contributed by atoms with van der Waals surface area (Å²) in [6.07, 6.45) is 1.16. The number of hydrogen-bond acceptors (Lipinski definition) is 4. The zero-order chi connectivity index (χ0) is 15.2.